The van der Waals surface area contributed by atoms with Gasteiger partial charge in [-0.05, 0) is 38.4 Å². The fourth-order valence-electron chi connectivity index (χ4n) is 2.67. The van der Waals surface area contributed by atoms with Crippen LogP contribution in [-0.2, 0) is 9.59 Å². The highest BCUT2D eigenvalue weighted by atomic mass is 35.5. The van der Waals surface area contributed by atoms with Crippen LogP contribution in [-0.4, -0.2) is 53.9 Å². The van der Waals surface area contributed by atoms with E-state index in [2.05, 4.69) is 20.9 Å². The molecule has 2 heterocycles. The van der Waals surface area contributed by atoms with Gasteiger partial charge >= 0.3 is 6.03 Å². The van der Waals surface area contributed by atoms with Crippen LogP contribution in [0.1, 0.15) is 19.8 Å². The molecular weight excluding hydrogens is 346 g/mol. The Morgan fingerprint density at radius 3 is 2.84 bits per heavy atom. The molecule has 1 saturated heterocycles. The molecule has 136 valence electrons. The van der Waals surface area contributed by atoms with E-state index in [-0.39, 0.29) is 24.3 Å². The minimum absolute atomic E-state index is 0.0834. The van der Waals surface area contributed by atoms with Crippen LogP contribution >= 0.6 is 11.6 Å². The number of nitrogens with one attached hydrogen (secondary N) is 3. The predicted octanol–water partition coefficient (Wildman–Crippen LogP) is 1.23. The zero-order valence-electron chi connectivity index (χ0n) is 14.0. The summed E-state index contributed by atoms with van der Waals surface area (Å²) in [4.78, 5) is 41.5. The molecule has 1 aromatic rings. The smallest absolute Gasteiger partial charge is 0.321 e. The Morgan fingerprint density at radius 1 is 1.36 bits per heavy atom. The highest BCUT2D eigenvalue weighted by Gasteiger charge is 2.27. The second-order valence-electron chi connectivity index (χ2n) is 5.83. The van der Waals surface area contributed by atoms with Crippen LogP contribution in [0.4, 0.5) is 10.6 Å². The summed E-state index contributed by atoms with van der Waals surface area (Å²) in [5.74, 6) is -0.306. The maximum absolute atomic E-state index is 12.4. The number of likely N-dealkylation sites (tertiary alicyclic amines) is 1. The van der Waals surface area contributed by atoms with Crippen LogP contribution in [0, 0.1) is 5.92 Å². The molecule has 0 aromatic carbocycles. The molecule has 3 N–H and O–H groups in total. The number of urea groups is 1. The second-order valence-corrected chi connectivity index (χ2v) is 6.27. The molecule has 4 amide bonds. The molecule has 1 aromatic heterocycles. The van der Waals surface area contributed by atoms with Gasteiger partial charge < -0.3 is 10.6 Å². The summed E-state index contributed by atoms with van der Waals surface area (Å²) in [6, 6.07) is 2.79. The lowest BCUT2D eigenvalue weighted by molar-refractivity contribution is -0.125. The van der Waals surface area contributed by atoms with Crippen LogP contribution in [0.5, 0.6) is 0 Å². The molecule has 1 unspecified atom stereocenters. The number of carbonyl (C=O) groups is 3. The van der Waals surface area contributed by atoms with Gasteiger partial charge in [0.2, 0.25) is 11.8 Å². The van der Waals surface area contributed by atoms with Gasteiger partial charge in [-0.1, -0.05) is 11.6 Å². The molecule has 1 fully saturated rings. The number of anilines is 1. The van der Waals surface area contributed by atoms with Crippen LogP contribution < -0.4 is 16.0 Å². The highest BCUT2D eigenvalue weighted by Crippen LogP contribution is 2.18. The first kappa shape index (κ1) is 19.1. The fraction of sp³-hybridized carbons (Fsp3) is 0.500. The first-order valence-corrected chi connectivity index (χ1v) is 8.58. The Bertz CT molecular complexity index is 623. The van der Waals surface area contributed by atoms with Crippen LogP contribution in [0.3, 0.4) is 0 Å². The van der Waals surface area contributed by atoms with Crippen LogP contribution in [0.15, 0.2) is 18.3 Å². The number of halogens is 1. The van der Waals surface area contributed by atoms with Gasteiger partial charge in [0.15, 0.2) is 0 Å². The summed E-state index contributed by atoms with van der Waals surface area (Å²) in [6.07, 6.45) is 3.02. The van der Waals surface area contributed by atoms with Gasteiger partial charge in [-0.15, -0.1) is 0 Å². The third-order valence-corrected chi connectivity index (χ3v) is 4.04. The van der Waals surface area contributed by atoms with Gasteiger partial charge in [0, 0.05) is 19.3 Å². The normalized spacial score (nSPS) is 17.6. The molecule has 0 aliphatic carbocycles. The van der Waals surface area contributed by atoms with Crippen molar-refractivity contribution in [3.05, 3.63) is 23.4 Å². The van der Waals surface area contributed by atoms with E-state index < -0.39 is 6.03 Å². The molecule has 25 heavy (non-hydrogen) atoms. The number of carbonyl (C=O) groups excluding carboxylic acids is 3. The molecule has 1 aliphatic heterocycles. The summed E-state index contributed by atoms with van der Waals surface area (Å²) in [7, 11) is 0. The first-order chi connectivity index (χ1) is 12.0. The summed E-state index contributed by atoms with van der Waals surface area (Å²) < 4.78 is 0. The minimum atomic E-state index is -0.507. The average Bonchev–Trinajstić information content (AvgIpc) is 2.57. The van der Waals surface area contributed by atoms with Gasteiger partial charge in [0.25, 0.3) is 0 Å². The van der Waals surface area contributed by atoms with Crippen molar-refractivity contribution in [3.63, 3.8) is 0 Å². The van der Waals surface area contributed by atoms with Crippen molar-refractivity contribution in [1.82, 2.24) is 20.5 Å². The molecule has 2 rings (SSSR count). The number of amides is 4. The summed E-state index contributed by atoms with van der Waals surface area (Å²) in [5, 5.41) is 8.03. The van der Waals surface area contributed by atoms with E-state index in [1.807, 2.05) is 4.90 Å². The van der Waals surface area contributed by atoms with Gasteiger partial charge in [-0.25, -0.2) is 9.78 Å². The number of imide groups is 1. The predicted molar refractivity (Wildman–Crippen MR) is 94.3 cm³/mol. The maximum atomic E-state index is 12.4. The largest absolute Gasteiger partial charge is 0.338 e. The highest BCUT2D eigenvalue weighted by molar-refractivity contribution is 6.30. The Hall–Kier alpha value is -2.19. The van der Waals surface area contributed by atoms with E-state index in [9.17, 15) is 14.4 Å². The Labute approximate surface area is 151 Å². The number of aromatic nitrogens is 1. The SMILES string of the molecule is CCNC(=O)NC(=O)CN1CCCC(C(=O)Nc2ccc(Cl)cn2)C1. The molecule has 1 aliphatic rings. The van der Waals surface area contributed by atoms with Gasteiger partial charge in [-0.3, -0.25) is 19.8 Å². The summed E-state index contributed by atoms with van der Waals surface area (Å²) in [5.41, 5.74) is 0. The van der Waals surface area contributed by atoms with Gasteiger partial charge in [-0.2, -0.15) is 0 Å². The number of rotatable bonds is 5. The van der Waals surface area contributed by atoms with Crippen molar-refractivity contribution in [3.8, 4) is 0 Å². The van der Waals surface area contributed by atoms with Crippen LogP contribution in [0.25, 0.3) is 0 Å². The lowest BCUT2D eigenvalue weighted by Gasteiger charge is -2.31. The molecule has 9 heteroatoms. The van der Waals surface area contributed by atoms with E-state index >= 15 is 0 Å². The zero-order valence-corrected chi connectivity index (χ0v) is 14.8. The first-order valence-electron chi connectivity index (χ1n) is 8.20. The van der Waals surface area contributed by atoms with E-state index in [0.717, 1.165) is 12.8 Å². The topological polar surface area (TPSA) is 103 Å². The second kappa shape index (κ2) is 9.33. The molecule has 8 nitrogen and oxygen atoms in total. The van der Waals surface area contributed by atoms with Crippen molar-refractivity contribution in [2.24, 2.45) is 5.92 Å². The maximum Gasteiger partial charge on any atom is 0.321 e. The molecule has 0 spiro atoms. The van der Waals surface area contributed by atoms with E-state index in [0.29, 0.717) is 30.5 Å². The fourth-order valence-corrected chi connectivity index (χ4v) is 2.78. The van der Waals surface area contributed by atoms with Crippen LogP contribution in [0.2, 0.25) is 5.02 Å². The van der Waals surface area contributed by atoms with Crippen molar-refractivity contribution in [1.29, 1.82) is 0 Å². The van der Waals surface area contributed by atoms with Crippen molar-refractivity contribution >= 4 is 35.3 Å². The Morgan fingerprint density at radius 2 is 2.16 bits per heavy atom. The van der Waals surface area contributed by atoms with E-state index in [1.54, 1.807) is 19.1 Å². The number of piperidine rings is 1. The summed E-state index contributed by atoms with van der Waals surface area (Å²) >= 11 is 5.77. The van der Waals surface area contributed by atoms with Gasteiger partial charge in [0.1, 0.15) is 5.82 Å². The Balaban J connectivity index is 1.83. The minimum Gasteiger partial charge on any atom is -0.338 e. The standard InChI is InChI=1S/C16H22ClN5O3/c1-2-18-16(25)21-14(23)10-22-7-3-4-11(9-22)15(24)20-13-6-5-12(17)8-19-13/h5-6,8,11H,2-4,7,9-10H2,1H3,(H,19,20,24)(H2,18,21,23,25). The van der Waals surface area contributed by atoms with E-state index in [4.69, 9.17) is 11.6 Å². The third-order valence-electron chi connectivity index (χ3n) is 3.81. The number of pyridine rings is 1. The van der Waals surface area contributed by atoms with Crippen molar-refractivity contribution in [2.45, 2.75) is 19.8 Å². The number of hydrogen-bond acceptors (Lipinski definition) is 5. The molecule has 0 saturated carbocycles. The molecule has 0 bridgehead atoms. The number of hydrogen-bond donors (Lipinski definition) is 3. The third kappa shape index (κ3) is 6.32. The lowest BCUT2D eigenvalue weighted by atomic mass is 9.97. The van der Waals surface area contributed by atoms with Crippen molar-refractivity contribution < 1.29 is 14.4 Å². The average molecular weight is 368 g/mol. The quantitative estimate of drug-likeness (QED) is 0.726. The lowest BCUT2D eigenvalue weighted by Crippen LogP contribution is -2.48. The zero-order chi connectivity index (χ0) is 18.2. The molecule has 1 atom stereocenters. The number of nitrogens with zero attached hydrogens (tertiary/aromatic N) is 2. The monoisotopic (exact) mass is 367 g/mol. The van der Waals surface area contributed by atoms with Crippen molar-refractivity contribution in [2.75, 3.05) is 31.5 Å². The van der Waals surface area contributed by atoms with E-state index in [1.165, 1.54) is 6.20 Å². The molecular formula is C16H22ClN5O3. The molecule has 0 radical (unpaired) electrons. The summed E-state index contributed by atoms with van der Waals surface area (Å²) in [6.45, 7) is 3.48. The van der Waals surface area contributed by atoms with Gasteiger partial charge in [0.05, 0.1) is 17.5 Å². The Kier molecular flexibility index (Phi) is 7.15.